The van der Waals surface area contributed by atoms with Crippen LogP contribution in [0.25, 0.3) is 4.91 Å². The van der Waals surface area contributed by atoms with Crippen molar-refractivity contribution in [3.05, 3.63) is 51.9 Å². The molecule has 0 aliphatic carbocycles. The Balaban J connectivity index is 2.46. The van der Waals surface area contributed by atoms with Gasteiger partial charge in [-0.05, 0) is 41.7 Å². The molecule has 1 aliphatic rings. The van der Waals surface area contributed by atoms with Crippen molar-refractivity contribution >= 4 is 27.4 Å². The summed E-state index contributed by atoms with van der Waals surface area (Å²) in [6, 6.07) is 5.70. The first-order chi connectivity index (χ1) is 8.13. The minimum atomic E-state index is -0.596. The van der Waals surface area contributed by atoms with Gasteiger partial charge in [-0.1, -0.05) is 23.7 Å². The smallest absolute Gasteiger partial charge is 0.0780 e. The summed E-state index contributed by atoms with van der Waals surface area (Å²) >= 11 is 6.00. The van der Waals surface area contributed by atoms with Crippen LogP contribution in [0.3, 0.4) is 0 Å². The van der Waals surface area contributed by atoms with Gasteiger partial charge in [-0.2, -0.15) is 10.9 Å². The van der Waals surface area contributed by atoms with Gasteiger partial charge in [-0.15, -0.1) is 0 Å². The second-order valence-electron chi connectivity index (χ2n) is 4.02. The summed E-state index contributed by atoms with van der Waals surface area (Å²) < 4.78 is 0. The van der Waals surface area contributed by atoms with Crippen LogP contribution in [-0.4, -0.2) is 11.0 Å². The summed E-state index contributed by atoms with van der Waals surface area (Å²) in [5, 5.41) is 12.1. The lowest BCUT2D eigenvalue weighted by molar-refractivity contribution is 0.375. The van der Waals surface area contributed by atoms with E-state index in [9.17, 15) is 5.11 Å². The van der Waals surface area contributed by atoms with Crippen LogP contribution in [0.4, 0.5) is 0 Å². The minimum Gasteiger partial charge on any atom is -0.387 e. The predicted molar refractivity (Wildman–Crippen MR) is 77.2 cm³/mol. The van der Waals surface area contributed by atoms with E-state index in [0.29, 0.717) is 5.02 Å². The van der Waals surface area contributed by atoms with Crippen LogP contribution < -0.4 is 5.73 Å². The van der Waals surface area contributed by atoms with E-state index in [2.05, 4.69) is 11.5 Å². The third kappa shape index (κ3) is 2.58. The number of hydrogen-bond acceptors (Lipinski definition) is 2. The summed E-state index contributed by atoms with van der Waals surface area (Å²) in [6.45, 7) is 1.94. The van der Waals surface area contributed by atoms with Crippen LogP contribution in [0, 0.1) is 0 Å². The van der Waals surface area contributed by atoms with Crippen LogP contribution in [-0.2, 0) is 0 Å². The maximum atomic E-state index is 9.36. The summed E-state index contributed by atoms with van der Waals surface area (Å²) in [6.07, 6.45) is 4.05. The van der Waals surface area contributed by atoms with Crippen LogP contribution in [0.2, 0.25) is 5.02 Å². The molecule has 2 atom stereocenters. The first kappa shape index (κ1) is 12.7. The van der Waals surface area contributed by atoms with E-state index < -0.39 is 10.9 Å². The number of nitrogens with two attached hydrogens (primary N) is 1. The molecular formula is C13H16ClNOS. The molecule has 2 nitrogen and oxygen atoms in total. The monoisotopic (exact) mass is 269 g/mol. The fraction of sp³-hybridized carbons (Fsp3) is 0.231. The van der Waals surface area contributed by atoms with E-state index in [1.807, 2.05) is 31.2 Å². The molecule has 2 rings (SSSR count). The van der Waals surface area contributed by atoms with E-state index in [1.54, 1.807) is 0 Å². The Morgan fingerprint density at radius 2 is 2.24 bits per heavy atom. The van der Waals surface area contributed by atoms with Gasteiger partial charge in [-0.25, -0.2) is 0 Å². The zero-order chi connectivity index (χ0) is 12.4. The average Bonchev–Trinajstić information content (AvgIpc) is 2.76. The summed E-state index contributed by atoms with van der Waals surface area (Å²) in [7, 11) is -0.596. The van der Waals surface area contributed by atoms with Crippen molar-refractivity contribution in [2.75, 3.05) is 5.94 Å². The van der Waals surface area contributed by atoms with Gasteiger partial charge in [0.05, 0.1) is 5.94 Å². The van der Waals surface area contributed by atoms with Gasteiger partial charge in [0.15, 0.2) is 0 Å². The Kier molecular flexibility index (Phi) is 3.94. The van der Waals surface area contributed by atoms with E-state index in [0.717, 1.165) is 11.1 Å². The molecule has 1 aromatic rings. The number of benzene rings is 1. The van der Waals surface area contributed by atoms with Crippen molar-refractivity contribution < 1.29 is 5.11 Å². The maximum Gasteiger partial charge on any atom is 0.0780 e. The first-order valence-corrected chi connectivity index (χ1v) is 7.42. The number of aliphatic hydroxyl groups is 1. The zero-order valence-corrected chi connectivity index (χ0v) is 11.2. The van der Waals surface area contributed by atoms with Gasteiger partial charge in [0.2, 0.25) is 0 Å². The van der Waals surface area contributed by atoms with Gasteiger partial charge >= 0.3 is 0 Å². The molecule has 1 unspecified atom stereocenters. The van der Waals surface area contributed by atoms with Crippen LogP contribution in [0.1, 0.15) is 24.1 Å². The Labute approximate surface area is 109 Å². The highest BCUT2D eigenvalue weighted by atomic mass is 35.5. The molecule has 0 saturated carbocycles. The quantitative estimate of drug-likeness (QED) is 0.738. The zero-order valence-electron chi connectivity index (χ0n) is 9.60. The molecule has 1 aliphatic heterocycles. The van der Waals surface area contributed by atoms with Crippen molar-refractivity contribution in [1.29, 1.82) is 0 Å². The van der Waals surface area contributed by atoms with Gasteiger partial charge in [0.1, 0.15) is 0 Å². The fourth-order valence-corrected chi connectivity index (χ4v) is 3.60. The van der Waals surface area contributed by atoms with E-state index in [1.165, 1.54) is 4.91 Å². The molecule has 0 fully saturated rings. The largest absolute Gasteiger partial charge is 0.387 e. The SMILES string of the molecule is C[C@H](N)c1cc(Cl)ccc1C1=CC=C[SH]1CO. The molecule has 0 bridgehead atoms. The molecule has 0 aromatic heterocycles. The average molecular weight is 270 g/mol. The molecule has 0 saturated heterocycles. The van der Waals surface area contributed by atoms with Crippen LogP contribution in [0.5, 0.6) is 0 Å². The lowest BCUT2D eigenvalue weighted by atomic mass is 10.0. The highest BCUT2D eigenvalue weighted by Crippen LogP contribution is 2.48. The number of hydrogen-bond donors (Lipinski definition) is 3. The molecule has 1 aromatic carbocycles. The van der Waals surface area contributed by atoms with Gasteiger partial charge in [0.25, 0.3) is 0 Å². The number of aliphatic hydroxyl groups excluding tert-OH is 1. The fourth-order valence-electron chi connectivity index (χ4n) is 1.93. The molecule has 4 heteroatoms. The topological polar surface area (TPSA) is 46.2 Å². The first-order valence-electron chi connectivity index (χ1n) is 5.45. The van der Waals surface area contributed by atoms with Gasteiger partial charge in [-0.3, -0.25) is 0 Å². The molecule has 0 radical (unpaired) electrons. The van der Waals surface area contributed by atoms with E-state index in [-0.39, 0.29) is 12.0 Å². The molecule has 0 spiro atoms. The van der Waals surface area contributed by atoms with E-state index >= 15 is 0 Å². The molecular weight excluding hydrogens is 254 g/mol. The third-order valence-electron chi connectivity index (χ3n) is 2.76. The standard InChI is InChI=1S/C13H16ClNOS/c1-9(15)12-7-10(14)4-5-11(12)13-3-2-6-17(13)8-16/h2-7,9,16-17H,8,15H2,1H3/t9-/m0/s1. The number of rotatable bonds is 3. The second kappa shape index (κ2) is 5.27. The Bertz CT molecular complexity index is 482. The van der Waals surface area contributed by atoms with Gasteiger partial charge in [0, 0.05) is 16.0 Å². The van der Waals surface area contributed by atoms with Crippen LogP contribution >= 0.6 is 22.5 Å². The highest BCUT2D eigenvalue weighted by molar-refractivity contribution is 8.27. The molecule has 1 heterocycles. The predicted octanol–water partition coefficient (Wildman–Crippen LogP) is 3.18. The number of allylic oxidation sites excluding steroid dienone is 2. The number of thiol groups is 1. The third-order valence-corrected chi connectivity index (χ3v) is 4.84. The molecule has 3 N–H and O–H groups in total. The summed E-state index contributed by atoms with van der Waals surface area (Å²) in [4.78, 5) is 1.17. The number of halogens is 1. The maximum absolute atomic E-state index is 9.36. The summed E-state index contributed by atoms with van der Waals surface area (Å²) in [5.74, 6) is 0.179. The van der Waals surface area contributed by atoms with Crippen molar-refractivity contribution in [2.45, 2.75) is 13.0 Å². The molecule has 0 amide bonds. The van der Waals surface area contributed by atoms with Crippen molar-refractivity contribution in [3.8, 4) is 0 Å². The van der Waals surface area contributed by atoms with Gasteiger partial charge < -0.3 is 10.8 Å². The normalized spacial score (nSPS) is 22.6. The van der Waals surface area contributed by atoms with E-state index in [4.69, 9.17) is 17.3 Å². The lowest BCUT2D eigenvalue weighted by Gasteiger charge is -2.20. The highest BCUT2D eigenvalue weighted by Gasteiger charge is 2.17. The Morgan fingerprint density at radius 1 is 1.47 bits per heavy atom. The summed E-state index contributed by atoms with van der Waals surface area (Å²) in [5.41, 5.74) is 8.12. The molecule has 92 valence electrons. The Hall–Kier alpha value is -0.740. The lowest BCUT2D eigenvalue weighted by Crippen LogP contribution is -2.08. The van der Waals surface area contributed by atoms with Crippen molar-refractivity contribution in [1.82, 2.24) is 0 Å². The second-order valence-corrected chi connectivity index (χ2v) is 6.46. The van der Waals surface area contributed by atoms with Crippen molar-refractivity contribution in [2.24, 2.45) is 5.73 Å². The van der Waals surface area contributed by atoms with Crippen LogP contribution in [0.15, 0.2) is 35.8 Å². The van der Waals surface area contributed by atoms with Crippen molar-refractivity contribution in [3.63, 3.8) is 0 Å². The minimum absolute atomic E-state index is 0.0688. The Morgan fingerprint density at radius 3 is 2.88 bits per heavy atom. The molecule has 17 heavy (non-hydrogen) atoms.